The highest BCUT2D eigenvalue weighted by molar-refractivity contribution is 5.04. The molecule has 0 fully saturated rings. The van der Waals surface area contributed by atoms with Crippen LogP contribution in [0, 0.1) is 11.8 Å². The van der Waals surface area contributed by atoms with Crippen molar-refractivity contribution in [1.82, 2.24) is 5.32 Å². The van der Waals surface area contributed by atoms with Crippen LogP contribution < -0.4 is 5.32 Å². The summed E-state index contributed by atoms with van der Waals surface area (Å²) in [5, 5.41) is 3.61. The van der Waals surface area contributed by atoms with Crippen molar-refractivity contribution in [3.05, 3.63) is 12.2 Å². The Morgan fingerprint density at radius 3 is 2.08 bits per heavy atom. The summed E-state index contributed by atoms with van der Waals surface area (Å²) < 4.78 is 0. The fourth-order valence-corrected chi connectivity index (χ4v) is 1.23. The lowest BCUT2D eigenvalue weighted by atomic mass is 9.87. The van der Waals surface area contributed by atoms with E-state index < -0.39 is 0 Å². The molecule has 0 radical (unpaired) electrons. The van der Waals surface area contributed by atoms with Gasteiger partial charge in [0.2, 0.25) is 0 Å². The third-order valence-corrected chi connectivity index (χ3v) is 2.60. The summed E-state index contributed by atoms with van der Waals surface area (Å²) in [7, 11) is 0. The average molecular weight is 183 g/mol. The van der Waals surface area contributed by atoms with Crippen molar-refractivity contribution in [2.45, 2.75) is 47.1 Å². The van der Waals surface area contributed by atoms with Crippen LogP contribution in [0.5, 0.6) is 0 Å². The first-order valence-corrected chi connectivity index (χ1v) is 5.31. The molecule has 78 valence electrons. The Labute approximate surface area is 83.6 Å². The van der Waals surface area contributed by atoms with E-state index in [1.165, 1.54) is 0 Å². The van der Waals surface area contributed by atoms with E-state index in [1.54, 1.807) is 0 Å². The zero-order valence-corrected chi connectivity index (χ0v) is 10.0. The highest BCUT2D eigenvalue weighted by Crippen LogP contribution is 2.18. The molecule has 0 heterocycles. The van der Waals surface area contributed by atoms with Crippen molar-refractivity contribution >= 4 is 0 Å². The van der Waals surface area contributed by atoms with Gasteiger partial charge in [0, 0.05) is 5.54 Å². The van der Waals surface area contributed by atoms with Gasteiger partial charge in [-0.05, 0) is 32.2 Å². The molecule has 0 aliphatic rings. The minimum atomic E-state index is 0.152. The van der Waals surface area contributed by atoms with Gasteiger partial charge in [0.05, 0.1) is 0 Å². The Kier molecular flexibility index (Phi) is 5.31. The second kappa shape index (κ2) is 5.43. The molecule has 0 aromatic carbocycles. The lowest BCUT2D eigenvalue weighted by molar-refractivity contribution is 0.313. The summed E-state index contributed by atoms with van der Waals surface area (Å²) in [6.07, 6.45) is 4.40. The number of rotatable bonds is 5. The molecule has 0 spiro atoms. The SMILES string of the molecule is CC=CC(C)(NCC(C)C)C(C)C. The van der Waals surface area contributed by atoms with E-state index >= 15 is 0 Å². The van der Waals surface area contributed by atoms with Gasteiger partial charge in [-0.1, -0.05) is 39.8 Å². The minimum absolute atomic E-state index is 0.152. The summed E-state index contributed by atoms with van der Waals surface area (Å²) in [5.74, 6) is 1.34. The van der Waals surface area contributed by atoms with Gasteiger partial charge in [-0.15, -0.1) is 0 Å². The van der Waals surface area contributed by atoms with E-state index in [0.29, 0.717) is 11.8 Å². The molecule has 0 aliphatic carbocycles. The van der Waals surface area contributed by atoms with E-state index in [0.717, 1.165) is 6.54 Å². The first kappa shape index (κ1) is 12.7. The van der Waals surface area contributed by atoms with Crippen LogP contribution in [0.3, 0.4) is 0 Å². The Morgan fingerprint density at radius 1 is 1.23 bits per heavy atom. The molecule has 0 amide bonds. The predicted octanol–water partition coefficient (Wildman–Crippen LogP) is 3.22. The lowest BCUT2D eigenvalue weighted by Gasteiger charge is -2.33. The van der Waals surface area contributed by atoms with Gasteiger partial charge in [0.25, 0.3) is 0 Å². The van der Waals surface area contributed by atoms with Crippen molar-refractivity contribution in [2.24, 2.45) is 11.8 Å². The van der Waals surface area contributed by atoms with Crippen LogP contribution in [0.1, 0.15) is 41.5 Å². The molecule has 1 atom stereocenters. The molecule has 1 unspecified atom stereocenters. The smallest absolute Gasteiger partial charge is 0.0358 e. The monoisotopic (exact) mass is 183 g/mol. The molecule has 13 heavy (non-hydrogen) atoms. The maximum atomic E-state index is 3.61. The molecule has 0 aromatic rings. The molecule has 1 nitrogen and oxygen atoms in total. The van der Waals surface area contributed by atoms with Gasteiger partial charge >= 0.3 is 0 Å². The maximum absolute atomic E-state index is 3.61. The van der Waals surface area contributed by atoms with Crippen LogP contribution in [0.2, 0.25) is 0 Å². The summed E-state index contributed by atoms with van der Waals surface area (Å²) in [5.41, 5.74) is 0.152. The third-order valence-electron chi connectivity index (χ3n) is 2.60. The van der Waals surface area contributed by atoms with Crippen molar-refractivity contribution < 1.29 is 0 Å². The first-order valence-electron chi connectivity index (χ1n) is 5.31. The van der Waals surface area contributed by atoms with Crippen molar-refractivity contribution in [3.63, 3.8) is 0 Å². The molecule has 0 bridgehead atoms. The Morgan fingerprint density at radius 2 is 1.77 bits per heavy atom. The largest absolute Gasteiger partial charge is 0.308 e. The highest BCUT2D eigenvalue weighted by atomic mass is 15.0. The van der Waals surface area contributed by atoms with Crippen LogP contribution >= 0.6 is 0 Å². The quantitative estimate of drug-likeness (QED) is 0.645. The van der Waals surface area contributed by atoms with Gasteiger partial charge in [-0.2, -0.15) is 0 Å². The van der Waals surface area contributed by atoms with Crippen LogP contribution in [-0.4, -0.2) is 12.1 Å². The Balaban J connectivity index is 4.24. The van der Waals surface area contributed by atoms with Crippen LogP contribution in [0.4, 0.5) is 0 Å². The fourth-order valence-electron chi connectivity index (χ4n) is 1.23. The lowest BCUT2D eigenvalue weighted by Crippen LogP contribution is -2.46. The molecule has 0 aliphatic heterocycles. The second-order valence-electron chi connectivity index (χ2n) is 4.71. The van der Waals surface area contributed by atoms with E-state index in [1.807, 2.05) is 0 Å². The normalized spacial score (nSPS) is 17.2. The first-order chi connectivity index (χ1) is 5.92. The number of hydrogen-bond donors (Lipinski definition) is 1. The van der Waals surface area contributed by atoms with Crippen LogP contribution in [0.15, 0.2) is 12.2 Å². The molecule has 0 rings (SSSR count). The molecule has 1 N–H and O–H groups in total. The number of hydrogen-bond acceptors (Lipinski definition) is 1. The summed E-state index contributed by atoms with van der Waals surface area (Å²) in [6.45, 7) is 14.4. The number of nitrogens with one attached hydrogen (secondary N) is 1. The molecule has 0 saturated carbocycles. The van der Waals surface area contributed by atoms with Crippen LogP contribution in [0.25, 0.3) is 0 Å². The van der Waals surface area contributed by atoms with E-state index in [9.17, 15) is 0 Å². The van der Waals surface area contributed by atoms with Gasteiger partial charge in [-0.25, -0.2) is 0 Å². The fraction of sp³-hybridized carbons (Fsp3) is 0.833. The second-order valence-corrected chi connectivity index (χ2v) is 4.71. The molecule has 0 saturated heterocycles. The average Bonchev–Trinajstić information content (AvgIpc) is 2.01. The highest BCUT2D eigenvalue weighted by Gasteiger charge is 2.23. The van der Waals surface area contributed by atoms with Crippen molar-refractivity contribution in [3.8, 4) is 0 Å². The van der Waals surface area contributed by atoms with Crippen molar-refractivity contribution in [2.75, 3.05) is 6.54 Å². The molecule has 0 aromatic heterocycles. The minimum Gasteiger partial charge on any atom is -0.308 e. The van der Waals surface area contributed by atoms with E-state index in [4.69, 9.17) is 0 Å². The zero-order valence-electron chi connectivity index (χ0n) is 10.0. The summed E-state index contributed by atoms with van der Waals surface area (Å²) in [6, 6.07) is 0. The van der Waals surface area contributed by atoms with E-state index in [2.05, 4.69) is 59.0 Å². The molecular formula is C12H25N. The third kappa shape index (κ3) is 4.47. The predicted molar refractivity (Wildman–Crippen MR) is 60.9 cm³/mol. The zero-order chi connectivity index (χ0) is 10.5. The van der Waals surface area contributed by atoms with Gasteiger partial charge in [-0.3, -0.25) is 0 Å². The molecule has 1 heteroatoms. The maximum Gasteiger partial charge on any atom is 0.0358 e. The van der Waals surface area contributed by atoms with Gasteiger partial charge < -0.3 is 5.32 Å². The Hall–Kier alpha value is -0.300. The van der Waals surface area contributed by atoms with Crippen LogP contribution in [-0.2, 0) is 0 Å². The summed E-state index contributed by atoms with van der Waals surface area (Å²) >= 11 is 0. The van der Waals surface area contributed by atoms with Crippen molar-refractivity contribution in [1.29, 1.82) is 0 Å². The van der Waals surface area contributed by atoms with Gasteiger partial charge in [0.1, 0.15) is 0 Å². The Bertz CT molecular complexity index is 159. The van der Waals surface area contributed by atoms with Gasteiger partial charge in [0.15, 0.2) is 0 Å². The molecular weight excluding hydrogens is 158 g/mol. The number of allylic oxidation sites excluding steroid dienone is 1. The topological polar surface area (TPSA) is 12.0 Å². The summed E-state index contributed by atoms with van der Waals surface area (Å²) in [4.78, 5) is 0. The van der Waals surface area contributed by atoms with E-state index in [-0.39, 0.29) is 5.54 Å². The standard InChI is InChI=1S/C12H25N/c1-7-8-12(6,11(4)5)13-9-10(2)3/h7-8,10-11,13H,9H2,1-6H3.